The predicted octanol–water partition coefficient (Wildman–Crippen LogP) is 1.89. The minimum absolute atomic E-state index is 0.0107. The third-order valence-corrected chi connectivity index (χ3v) is 2.72. The van der Waals surface area contributed by atoms with Gasteiger partial charge in [0.2, 0.25) is 12.2 Å². The SMILES string of the molecule is O=C(O)c1c(OCc2ncon2)cnc2ccccc12. The van der Waals surface area contributed by atoms with Crippen LogP contribution in [-0.4, -0.2) is 26.2 Å². The molecule has 0 aliphatic heterocycles. The molecule has 3 rings (SSSR count). The van der Waals surface area contributed by atoms with Crippen LogP contribution in [0.5, 0.6) is 5.75 Å². The van der Waals surface area contributed by atoms with Crippen molar-refractivity contribution in [2.45, 2.75) is 6.61 Å². The first-order chi connectivity index (χ1) is 9.75. The molecule has 0 amide bonds. The van der Waals surface area contributed by atoms with Crippen LogP contribution in [0.25, 0.3) is 10.9 Å². The standard InChI is InChI=1S/C13H9N3O4/c17-13(18)12-8-3-1-2-4-9(8)14-5-10(12)19-6-11-15-7-20-16-11/h1-5,7H,6H2,(H,17,18). The van der Waals surface area contributed by atoms with Gasteiger partial charge in [-0.05, 0) is 6.07 Å². The van der Waals surface area contributed by atoms with Crippen molar-refractivity contribution in [1.29, 1.82) is 0 Å². The summed E-state index contributed by atoms with van der Waals surface area (Å²) in [5, 5.41) is 13.5. The molecule has 7 heteroatoms. The van der Waals surface area contributed by atoms with Crippen LogP contribution in [0, 0.1) is 0 Å². The van der Waals surface area contributed by atoms with Gasteiger partial charge in [-0.2, -0.15) is 4.98 Å². The number of ether oxygens (including phenoxy) is 1. The molecular weight excluding hydrogens is 262 g/mol. The molecule has 7 nitrogen and oxygen atoms in total. The van der Waals surface area contributed by atoms with Gasteiger partial charge in [0.1, 0.15) is 5.56 Å². The molecule has 0 spiro atoms. The molecule has 20 heavy (non-hydrogen) atoms. The van der Waals surface area contributed by atoms with Gasteiger partial charge in [0.25, 0.3) is 0 Å². The van der Waals surface area contributed by atoms with Crippen LogP contribution in [0.3, 0.4) is 0 Å². The maximum Gasteiger partial charge on any atom is 0.340 e. The highest BCUT2D eigenvalue weighted by Crippen LogP contribution is 2.26. The fourth-order valence-electron chi connectivity index (χ4n) is 1.85. The van der Waals surface area contributed by atoms with Gasteiger partial charge in [0.05, 0.1) is 11.7 Å². The van der Waals surface area contributed by atoms with Gasteiger partial charge in [0, 0.05) is 5.39 Å². The molecule has 0 fully saturated rings. The van der Waals surface area contributed by atoms with E-state index in [0.29, 0.717) is 16.7 Å². The maximum absolute atomic E-state index is 11.4. The van der Waals surface area contributed by atoms with E-state index in [2.05, 4.69) is 19.6 Å². The Bertz CT molecular complexity index is 755. The first-order valence-corrected chi connectivity index (χ1v) is 5.75. The number of para-hydroxylation sites is 1. The fourth-order valence-corrected chi connectivity index (χ4v) is 1.85. The summed E-state index contributed by atoms with van der Waals surface area (Å²) in [5.41, 5.74) is 0.663. The molecule has 0 saturated heterocycles. The normalized spacial score (nSPS) is 10.6. The predicted molar refractivity (Wildman–Crippen MR) is 67.3 cm³/mol. The minimum Gasteiger partial charge on any atom is -0.483 e. The zero-order valence-electron chi connectivity index (χ0n) is 10.2. The van der Waals surface area contributed by atoms with E-state index < -0.39 is 5.97 Å². The van der Waals surface area contributed by atoms with Gasteiger partial charge in [-0.25, -0.2) is 4.79 Å². The molecule has 0 bridgehead atoms. The molecule has 3 aromatic rings. The van der Waals surface area contributed by atoms with E-state index >= 15 is 0 Å². The average molecular weight is 271 g/mol. The van der Waals surface area contributed by atoms with Crippen molar-refractivity contribution in [2.75, 3.05) is 0 Å². The molecule has 0 saturated carbocycles. The summed E-state index contributed by atoms with van der Waals surface area (Å²) < 4.78 is 10.0. The summed E-state index contributed by atoms with van der Waals surface area (Å²) in [6.07, 6.45) is 2.56. The Morgan fingerprint density at radius 3 is 2.90 bits per heavy atom. The molecule has 0 atom stereocenters. The molecule has 100 valence electrons. The molecule has 0 aliphatic carbocycles. The molecule has 0 unspecified atom stereocenters. The molecule has 1 aromatic carbocycles. The number of benzene rings is 1. The number of hydrogen-bond acceptors (Lipinski definition) is 6. The second kappa shape index (κ2) is 4.96. The largest absolute Gasteiger partial charge is 0.483 e. The number of carboxylic acid groups (broad SMARTS) is 1. The Hall–Kier alpha value is -2.96. The second-order valence-corrected chi connectivity index (χ2v) is 3.96. The Morgan fingerprint density at radius 1 is 1.30 bits per heavy atom. The van der Waals surface area contributed by atoms with Crippen LogP contribution in [0.1, 0.15) is 16.2 Å². The summed E-state index contributed by atoms with van der Waals surface area (Å²) in [6.45, 7) is 0.0107. The Kier molecular flexibility index (Phi) is 3.00. The molecule has 1 N–H and O–H groups in total. The number of rotatable bonds is 4. The van der Waals surface area contributed by atoms with E-state index in [9.17, 15) is 9.90 Å². The molecule has 2 aromatic heterocycles. The fraction of sp³-hybridized carbons (Fsp3) is 0.0769. The van der Waals surface area contributed by atoms with Crippen molar-refractivity contribution in [2.24, 2.45) is 0 Å². The van der Waals surface area contributed by atoms with Gasteiger partial charge >= 0.3 is 5.97 Å². The van der Waals surface area contributed by atoms with Gasteiger partial charge in [-0.3, -0.25) is 4.98 Å². The van der Waals surface area contributed by atoms with E-state index in [-0.39, 0.29) is 17.9 Å². The zero-order valence-corrected chi connectivity index (χ0v) is 10.2. The summed E-state index contributed by atoms with van der Waals surface area (Å²) >= 11 is 0. The number of hydrogen-bond donors (Lipinski definition) is 1. The molecular formula is C13H9N3O4. The average Bonchev–Trinajstić information content (AvgIpc) is 2.97. The van der Waals surface area contributed by atoms with Crippen molar-refractivity contribution in [1.82, 2.24) is 15.1 Å². The summed E-state index contributed by atoms with van der Waals surface area (Å²) in [6, 6.07) is 6.97. The molecule has 0 aliphatic rings. The van der Waals surface area contributed by atoms with E-state index in [1.165, 1.54) is 12.6 Å². The van der Waals surface area contributed by atoms with Crippen LogP contribution >= 0.6 is 0 Å². The van der Waals surface area contributed by atoms with Crippen molar-refractivity contribution >= 4 is 16.9 Å². The summed E-state index contributed by atoms with van der Waals surface area (Å²) in [5.74, 6) is -0.581. The van der Waals surface area contributed by atoms with Gasteiger partial charge < -0.3 is 14.4 Å². The monoisotopic (exact) mass is 271 g/mol. The van der Waals surface area contributed by atoms with Crippen LogP contribution in [-0.2, 0) is 6.61 Å². The molecule has 0 radical (unpaired) electrons. The third-order valence-electron chi connectivity index (χ3n) is 2.72. The number of carbonyl (C=O) groups is 1. The Balaban J connectivity index is 2.01. The lowest BCUT2D eigenvalue weighted by molar-refractivity contribution is 0.0693. The van der Waals surface area contributed by atoms with Crippen molar-refractivity contribution in [3.05, 3.63) is 48.2 Å². The topological polar surface area (TPSA) is 98.3 Å². The number of pyridine rings is 1. The lowest BCUT2D eigenvalue weighted by Crippen LogP contribution is -2.06. The number of aromatic carboxylic acids is 1. The lowest BCUT2D eigenvalue weighted by Gasteiger charge is -2.09. The highest BCUT2D eigenvalue weighted by Gasteiger charge is 2.17. The van der Waals surface area contributed by atoms with Gasteiger partial charge in [0.15, 0.2) is 12.4 Å². The maximum atomic E-state index is 11.4. The quantitative estimate of drug-likeness (QED) is 0.773. The van der Waals surface area contributed by atoms with E-state index in [0.717, 1.165) is 0 Å². The van der Waals surface area contributed by atoms with Crippen molar-refractivity contribution in [3.8, 4) is 5.75 Å². The highest BCUT2D eigenvalue weighted by atomic mass is 16.5. The summed E-state index contributed by atoms with van der Waals surface area (Å²) in [7, 11) is 0. The van der Waals surface area contributed by atoms with Crippen LogP contribution in [0.15, 0.2) is 41.4 Å². The second-order valence-electron chi connectivity index (χ2n) is 3.96. The number of nitrogens with zero attached hydrogens (tertiary/aromatic N) is 3. The molecule has 2 heterocycles. The van der Waals surface area contributed by atoms with Crippen LogP contribution in [0.4, 0.5) is 0 Å². The minimum atomic E-state index is -1.08. The lowest BCUT2D eigenvalue weighted by atomic mass is 10.1. The van der Waals surface area contributed by atoms with Crippen LogP contribution in [0.2, 0.25) is 0 Å². The van der Waals surface area contributed by atoms with Crippen molar-refractivity contribution < 1.29 is 19.2 Å². The third kappa shape index (κ3) is 2.16. The first kappa shape index (κ1) is 12.1. The highest BCUT2D eigenvalue weighted by molar-refractivity contribution is 6.04. The van der Waals surface area contributed by atoms with Gasteiger partial charge in [-0.15, -0.1) is 0 Å². The van der Waals surface area contributed by atoms with Crippen LogP contribution < -0.4 is 4.74 Å². The van der Waals surface area contributed by atoms with Crippen molar-refractivity contribution in [3.63, 3.8) is 0 Å². The first-order valence-electron chi connectivity index (χ1n) is 5.75. The van der Waals surface area contributed by atoms with E-state index in [1.807, 2.05) is 0 Å². The van der Waals surface area contributed by atoms with E-state index in [1.54, 1.807) is 24.3 Å². The number of carboxylic acids is 1. The van der Waals surface area contributed by atoms with Gasteiger partial charge in [-0.1, -0.05) is 23.4 Å². The van der Waals surface area contributed by atoms with E-state index in [4.69, 9.17) is 4.74 Å². The Morgan fingerprint density at radius 2 is 2.15 bits per heavy atom. The Labute approximate surface area is 112 Å². The number of aromatic nitrogens is 3. The summed E-state index contributed by atoms with van der Waals surface area (Å²) in [4.78, 5) is 19.4. The zero-order chi connectivity index (χ0) is 13.9. The smallest absolute Gasteiger partial charge is 0.340 e. The number of fused-ring (bicyclic) bond motifs is 1.